The number of aromatic nitrogens is 4. The molecule has 1 saturated heterocycles. The largest absolute Gasteiger partial charge is 0.394 e. The van der Waals surface area contributed by atoms with E-state index in [1.807, 2.05) is 0 Å². The van der Waals surface area contributed by atoms with Gasteiger partial charge in [0.1, 0.15) is 24.6 Å². The van der Waals surface area contributed by atoms with Crippen LogP contribution in [0.4, 0.5) is 11.8 Å². The zero-order chi connectivity index (χ0) is 21.4. The molecule has 1 aliphatic rings. The molecule has 0 spiro atoms. The number of halogens is 2. The fraction of sp³-hybridized carbons (Fsp3) is 0.294. The lowest BCUT2D eigenvalue weighted by Crippen LogP contribution is -2.33. The number of nitrogens with two attached hydrogens (primary N) is 1. The summed E-state index contributed by atoms with van der Waals surface area (Å²) in [5.74, 6) is 0.228. The molecule has 11 nitrogen and oxygen atoms in total. The summed E-state index contributed by atoms with van der Waals surface area (Å²) in [4.78, 5) is 12.4. The molecule has 0 unspecified atom stereocenters. The maximum absolute atomic E-state index is 10.4. The van der Waals surface area contributed by atoms with Gasteiger partial charge in [0.05, 0.1) is 17.8 Å². The van der Waals surface area contributed by atoms with E-state index in [-0.39, 0.29) is 22.9 Å². The third-order valence-electron chi connectivity index (χ3n) is 4.61. The number of imidazole rings is 1. The van der Waals surface area contributed by atoms with Gasteiger partial charge < -0.3 is 25.8 Å². The number of nitrogens with zero attached hydrogens (tertiary/aromatic N) is 5. The topological polar surface area (TPSA) is 164 Å². The molecule has 0 saturated carbocycles. The zero-order valence-electron chi connectivity index (χ0n) is 15.2. The Morgan fingerprint density at radius 3 is 2.77 bits per heavy atom. The number of nitrogen functional groups attached to an aromatic ring is 1. The Balaban J connectivity index is 1.72. The number of aliphatic hydroxyl groups is 3. The molecule has 1 aliphatic heterocycles. The zero-order valence-corrected chi connectivity index (χ0v) is 16.7. The number of rotatable bonds is 5. The summed E-state index contributed by atoms with van der Waals surface area (Å²) >= 11 is 12.0. The molecule has 4 rings (SSSR count). The van der Waals surface area contributed by atoms with Crippen molar-refractivity contribution in [1.29, 1.82) is 0 Å². The van der Waals surface area contributed by atoms with Crippen LogP contribution in [-0.4, -0.2) is 66.0 Å². The number of benzene rings is 1. The predicted molar refractivity (Wildman–Crippen MR) is 110 cm³/mol. The second-order valence-corrected chi connectivity index (χ2v) is 7.34. The number of aliphatic hydroxyl groups excluding tert-OH is 3. The summed E-state index contributed by atoms with van der Waals surface area (Å²) in [7, 11) is 0. The van der Waals surface area contributed by atoms with E-state index in [2.05, 4.69) is 25.5 Å². The first-order chi connectivity index (χ1) is 14.4. The molecule has 0 aliphatic carbocycles. The van der Waals surface area contributed by atoms with E-state index in [0.29, 0.717) is 15.6 Å². The van der Waals surface area contributed by atoms with Crippen molar-refractivity contribution in [1.82, 2.24) is 19.5 Å². The molecule has 1 fully saturated rings. The third kappa shape index (κ3) is 3.67. The SMILES string of the molecule is Nc1ncnc2c1nc(N/N=C/c1ccc(Cl)cc1Cl)n2[C@@H]1O[C@H](CO)[C@@H](O)[C@@H]1O. The third-order valence-corrected chi connectivity index (χ3v) is 5.17. The number of ether oxygens (including phenoxy) is 1. The highest BCUT2D eigenvalue weighted by Gasteiger charge is 2.45. The van der Waals surface area contributed by atoms with Crippen LogP contribution in [0.15, 0.2) is 29.6 Å². The molecular formula is C17H17Cl2N7O4. The molecule has 2 aromatic heterocycles. The number of nitrogens with one attached hydrogen (secondary N) is 1. The molecule has 0 bridgehead atoms. The number of fused-ring (bicyclic) bond motifs is 1. The lowest BCUT2D eigenvalue weighted by Gasteiger charge is -2.18. The summed E-state index contributed by atoms with van der Waals surface area (Å²) < 4.78 is 7.00. The molecule has 1 aromatic carbocycles. The molecule has 30 heavy (non-hydrogen) atoms. The van der Waals surface area contributed by atoms with Crippen molar-refractivity contribution in [3.05, 3.63) is 40.1 Å². The Morgan fingerprint density at radius 2 is 2.07 bits per heavy atom. The van der Waals surface area contributed by atoms with Crippen LogP contribution >= 0.6 is 23.2 Å². The number of hydrogen-bond donors (Lipinski definition) is 5. The van der Waals surface area contributed by atoms with Gasteiger partial charge in [-0.3, -0.25) is 4.57 Å². The Hall–Kier alpha value is -2.54. The molecule has 4 atom stereocenters. The van der Waals surface area contributed by atoms with E-state index >= 15 is 0 Å². The smallest absolute Gasteiger partial charge is 0.228 e. The Bertz CT molecular complexity index is 1110. The lowest BCUT2D eigenvalue weighted by molar-refractivity contribution is -0.0501. The van der Waals surface area contributed by atoms with Crippen LogP contribution in [0.3, 0.4) is 0 Å². The first-order valence-electron chi connectivity index (χ1n) is 8.75. The van der Waals surface area contributed by atoms with Gasteiger partial charge in [0.15, 0.2) is 23.2 Å². The van der Waals surface area contributed by atoms with Crippen LogP contribution < -0.4 is 11.2 Å². The van der Waals surface area contributed by atoms with Crippen molar-refractivity contribution in [2.45, 2.75) is 24.5 Å². The van der Waals surface area contributed by atoms with E-state index in [1.54, 1.807) is 18.2 Å². The lowest BCUT2D eigenvalue weighted by atomic mass is 10.1. The Labute approximate surface area is 179 Å². The number of anilines is 2. The number of hydrogen-bond acceptors (Lipinski definition) is 10. The van der Waals surface area contributed by atoms with E-state index in [0.717, 1.165) is 0 Å². The normalized spacial score (nSPS) is 24.2. The molecular weight excluding hydrogens is 437 g/mol. The van der Waals surface area contributed by atoms with Gasteiger partial charge in [-0.25, -0.2) is 20.4 Å². The standard InChI is InChI=1S/C17H17Cl2N7O4/c18-8-2-1-7(9(19)3-8)4-23-25-17-24-11-14(20)21-6-22-15(11)26(17)16-13(29)12(28)10(5-27)30-16/h1-4,6,10,12-13,16,27-29H,5H2,(H,24,25)(H2,20,21,22)/b23-4+/t10-,12-,13+,16-/m1/s1. The highest BCUT2D eigenvalue weighted by Crippen LogP contribution is 2.35. The van der Waals surface area contributed by atoms with Gasteiger partial charge in [0, 0.05) is 10.6 Å². The van der Waals surface area contributed by atoms with Gasteiger partial charge in [-0.1, -0.05) is 29.3 Å². The van der Waals surface area contributed by atoms with Crippen LogP contribution in [0.2, 0.25) is 10.0 Å². The first kappa shape index (κ1) is 20.7. The quantitative estimate of drug-likeness (QED) is 0.277. The maximum atomic E-state index is 10.4. The van der Waals surface area contributed by atoms with Gasteiger partial charge in [-0.2, -0.15) is 5.10 Å². The molecule has 6 N–H and O–H groups in total. The molecule has 0 amide bonds. The molecule has 0 radical (unpaired) electrons. The second-order valence-electron chi connectivity index (χ2n) is 6.50. The minimum Gasteiger partial charge on any atom is -0.394 e. The van der Waals surface area contributed by atoms with E-state index in [9.17, 15) is 15.3 Å². The van der Waals surface area contributed by atoms with Gasteiger partial charge in [-0.05, 0) is 12.1 Å². The molecule has 13 heteroatoms. The van der Waals surface area contributed by atoms with Crippen LogP contribution in [0, 0.1) is 0 Å². The van der Waals surface area contributed by atoms with Crippen molar-refractivity contribution >= 4 is 52.3 Å². The van der Waals surface area contributed by atoms with Crippen LogP contribution in [0.1, 0.15) is 11.8 Å². The fourth-order valence-electron chi connectivity index (χ4n) is 3.11. The Morgan fingerprint density at radius 1 is 1.27 bits per heavy atom. The van der Waals surface area contributed by atoms with Crippen LogP contribution in [0.5, 0.6) is 0 Å². The van der Waals surface area contributed by atoms with Crippen molar-refractivity contribution in [3.63, 3.8) is 0 Å². The van der Waals surface area contributed by atoms with Gasteiger partial charge in [-0.15, -0.1) is 0 Å². The van der Waals surface area contributed by atoms with Crippen molar-refractivity contribution in [3.8, 4) is 0 Å². The molecule has 3 heterocycles. The highest BCUT2D eigenvalue weighted by molar-refractivity contribution is 6.36. The summed E-state index contributed by atoms with van der Waals surface area (Å²) in [5.41, 5.74) is 9.72. The van der Waals surface area contributed by atoms with E-state index < -0.39 is 31.1 Å². The first-order valence-corrected chi connectivity index (χ1v) is 9.51. The molecule has 3 aromatic rings. The van der Waals surface area contributed by atoms with Crippen LogP contribution in [-0.2, 0) is 4.74 Å². The monoisotopic (exact) mass is 453 g/mol. The van der Waals surface area contributed by atoms with Gasteiger partial charge >= 0.3 is 0 Å². The van der Waals surface area contributed by atoms with E-state index in [4.69, 9.17) is 33.7 Å². The summed E-state index contributed by atoms with van der Waals surface area (Å²) in [6.45, 7) is -0.478. The van der Waals surface area contributed by atoms with Crippen molar-refractivity contribution in [2.24, 2.45) is 5.10 Å². The van der Waals surface area contributed by atoms with E-state index in [1.165, 1.54) is 17.1 Å². The van der Waals surface area contributed by atoms with Crippen molar-refractivity contribution in [2.75, 3.05) is 17.8 Å². The summed E-state index contributed by atoms with van der Waals surface area (Å²) in [5, 5.41) is 35.0. The minimum atomic E-state index is -1.36. The second kappa shape index (κ2) is 8.30. The van der Waals surface area contributed by atoms with Crippen molar-refractivity contribution < 1.29 is 20.1 Å². The summed E-state index contributed by atoms with van der Waals surface area (Å²) in [6.07, 6.45) is -2.06. The highest BCUT2D eigenvalue weighted by atomic mass is 35.5. The number of hydrazone groups is 1. The van der Waals surface area contributed by atoms with Gasteiger partial charge in [0.25, 0.3) is 0 Å². The molecule has 158 valence electrons. The minimum absolute atomic E-state index is 0.110. The predicted octanol–water partition coefficient (Wildman–Crippen LogP) is 0.773. The Kier molecular flexibility index (Phi) is 5.73. The average molecular weight is 454 g/mol. The maximum Gasteiger partial charge on any atom is 0.228 e. The fourth-order valence-corrected chi connectivity index (χ4v) is 3.56. The van der Waals surface area contributed by atoms with Gasteiger partial charge in [0.2, 0.25) is 5.95 Å². The summed E-state index contributed by atoms with van der Waals surface area (Å²) in [6, 6.07) is 4.93. The average Bonchev–Trinajstić information content (AvgIpc) is 3.22. The van der Waals surface area contributed by atoms with Crippen LogP contribution in [0.25, 0.3) is 11.2 Å².